The van der Waals surface area contributed by atoms with Crippen molar-refractivity contribution in [3.05, 3.63) is 35.9 Å². The molecule has 0 atom stereocenters. The predicted octanol–water partition coefficient (Wildman–Crippen LogP) is 0.900. The van der Waals surface area contributed by atoms with Crippen molar-refractivity contribution in [3.8, 4) is 0 Å². The van der Waals surface area contributed by atoms with Crippen LogP contribution >= 0.6 is 0 Å². The van der Waals surface area contributed by atoms with Crippen LogP contribution in [0.2, 0.25) is 0 Å². The number of nitrogens with zero attached hydrogens (tertiary/aromatic N) is 1. The molecule has 0 bridgehead atoms. The average molecular weight is 142 g/mol. The van der Waals surface area contributed by atoms with Gasteiger partial charge in [0.05, 0.1) is 0 Å². The number of benzene rings is 1. The fourth-order valence-corrected chi connectivity index (χ4v) is 0.870. The van der Waals surface area contributed by atoms with Crippen LogP contribution in [0.4, 0.5) is 0 Å². The molecular weight excluding hydrogens is 129 g/mol. The van der Waals surface area contributed by atoms with Crippen LogP contribution in [0, 0.1) is 6.07 Å². The van der Waals surface area contributed by atoms with Gasteiger partial charge in [-0.2, -0.15) is 0 Å². The Labute approximate surface area is 80.6 Å². The summed E-state index contributed by atoms with van der Waals surface area (Å²) in [5.41, 5.74) is 1.24. The molecule has 0 aliphatic carbocycles. The summed E-state index contributed by atoms with van der Waals surface area (Å²) < 4.78 is 0. The van der Waals surface area contributed by atoms with Gasteiger partial charge in [-0.1, -0.05) is 24.3 Å². The fourth-order valence-electron chi connectivity index (χ4n) is 0.870. The van der Waals surface area contributed by atoms with Crippen molar-refractivity contribution in [3.63, 3.8) is 0 Å². The molecule has 0 spiro atoms. The van der Waals surface area contributed by atoms with Crippen LogP contribution in [0.1, 0.15) is 5.56 Å². The summed E-state index contributed by atoms with van der Waals surface area (Å²) in [4.78, 5) is 2.13. The molecule has 0 saturated heterocycles. The molecule has 1 nitrogen and oxygen atoms in total. The van der Waals surface area contributed by atoms with Gasteiger partial charge in [-0.15, -0.1) is 0 Å². The van der Waals surface area contributed by atoms with E-state index in [1.54, 1.807) is 0 Å². The van der Waals surface area contributed by atoms with E-state index in [1.807, 2.05) is 18.2 Å². The van der Waals surface area contributed by atoms with E-state index in [2.05, 4.69) is 31.1 Å². The first-order chi connectivity index (χ1) is 4.79. The van der Waals surface area contributed by atoms with E-state index in [0.29, 0.717) is 0 Å². The Hall–Kier alpha value is -0.223. The zero-order valence-corrected chi connectivity index (χ0v) is 6.46. The van der Waals surface area contributed by atoms with Crippen LogP contribution in [0.15, 0.2) is 24.3 Å². The van der Waals surface area contributed by atoms with Crippen molar-refractivity contribution in [1.82, 2.24) is 4.90 Å². The molecule has 1 radical (unpaired) electrons. The van der Waals surface area contributed by atoms with Gasteiger partial charge in [0.1, 0.15) is 0 Å². The Kier molecular flexibility index (Phi) is 5.32. The first-order valence-electron chi connectivity index (χ1n) is 3.39. The molecule has 0 unspecified atom stereocenters. The summed E-state index contributed by atoms with van der Waals surface area (Å²) in [6.07, 6.45) is 0. The number of hydrogen-bond donors (Lipinski definition) is 0. The molecule has 0 heterocycles. The molecule has 55 valence electrons. The maximum absolute atomic E-state index is 3.16. The molecule has 0 fully saturated rings. The molecule has 1 aromatic carbocycles. The van der Waals surface area contributed by atoms with E-state index in [9.17, 15) is 0 Å². The van der Waals surface area contributed by atoms with E-state index in [0.717, 1.165) is 6.54 Å². The summed E-state index contributed by atoms with van der Waals surface area (Å²) in [5.74, 6) is 0. The van der Waals surface area contributed by atoms with Gasteiger partial charge in [0, 0.05) is 6.54 Å². The summed E-state index contributed by atoms with van der Waals surface area (Å²) >= 11 is 0. The normalized spacial score (nSPS) is 9.36. The van der Waals surface area contributed by atoms with Crippen LogP contribution in [-0.2, 0) is 6.54 Å². The van der Waals surface area contributed by atoms with E-state index >= 15 is 0 Å². The summed E-state index contributed by atoms with van der Waals surface area (Å²) in [6.45, 7) is 0.973. The zero-order chi connectivity index (χ0) is 7.40. The fraction of sp³-hybridized carbons (Fsp3) is 0.333. The summed E-state index contributed by atoms with van der Waals surface area (Å²) in [6, 6.07) is 11.2. The first kappa shape index (κ1) is 10.8. The maximum atomic E-state index is 3.16. The van der Waals surface area contributed by atoms with Gasteiger partial charge >= 0.3 is 18.9 Å². The Morgan fingerprint density at radius 3 is 2.55 bits per heavy atom. The monoisotopic (exact) mass is 142 g/mol. The second kappa shape index (κ2) is 5.43. The van der Waals surface area contributed by atoms with Crippen LogP contribution in [-0.4, -0.2) is 37.9 Å². The second-order valence-electron chi connectivity index (χ2n) is 2.63. The number of rotatable bonds is 2. The minimum atomic E-state index is 0. The van der Waals surface area contributed by atoms with E-state index in [1.165, 1.54) is 5.56 Å². The third kappa shape index (κ3) is 4.26. The van der Waals surface area contributed by atoms with Crippen molar-refractivity contribution in [2.75, 3.05) is 14.1 Å². The average Bonchev–Trinajstić information content (AvgIpc) is 1.88. The van der Waals surface area contributed by atoms with Crippen LogP contribution in [0.25, 0.3) is 0 Å². The van der Waals surface area contributed by atoms with Crippen molar-refractivity contribution in [2.24, 2.45) is 0 Å². The summed E-state index contributed by atoms with van der Waals surface area (Å²) in [5, 5.41) is 0. The van der Waals surface area contributed by atoms with Crippen molar-refractivity contribution in [2.45, 2.75) is 6.54 Å². The molecule has 0 aliphatic rings. The van der Waals surface area contributed by atoms with Gasteiger partial charge < -0.3 is 4.90 Å². The SMILES string of the molecule is CN(C)Cc1[c]cccc1.[LiH]. The van der Waals surface area contributed by atoms with E-state index in [-0.39, 0.29) is 18.9 Å². The Balaban J connectivity index is 0.000001000. The van der Waals surface area contributed by atoms with E-state index in [4.69, 9.17) is 0 Å². The molecule has 2 heteroatoms. The van der Waals surface area contributed by atoms with Gasteiger partial charge in [-0.05, 0) is 25.7 Å². The van der Waals surface area contributed by atoms with Crippen LogP contribution in [0.3, 0.4) is 0 Å². The third-order valence-electron chi connectivity index (χ3n) is 1.26. The Bertz CT molecular complexity index is 184. The van der Waals surface area contributed by atoms with E-state index < -0.39 is 0 Å². The van der Waals surface area contributed by atoms with Crippen molar-refractivity contribution in [1.29, 1.82) is 0 Å². The molecule has 1 aromatic rings. The second-order valence-corrected chi connectivity index (χ2v) is 2.63. The molecule has 0 saturated carbocycles. The molecule has 0 amide bonds. The predicted molar refractivity (Wildman–Crippen MR) is 49.8 cm³/mol. The van der Waals surface area contributed by atoms with Gasteiger partial charge in [0.15, 0.2) is 0 Å². The first-order valence-corrected chi connectivity index (χ1v) is 3.39. The molecule has 11 heavy (non-hydrogen) atoms. The Morgan fingerprint density at radius 2 is 2.09 bits per heavy atom. The van der Waals surface area contributed by atoms with Gasteiger partial charge in [0.2, 0.25) is 0 Å². The van der Waals surface area contributed by atoms with Gasteiger partial charge in [-0.25, -0.2) is 0 Å². The van der Waals surface area contributed by atoms with Gasteiger partial charge in [0.25, 0.3) is 0 Å². The molecule has 0 aliphatic heterocycles. The molecular formula is C9H13LiN. The molecule has 0 aromatic heterocycles. The van der Waals surface area contributed by atoms with Gasteiger partial charge in [-0.3, -0.25) is 0 Å². The van der Waals surface area contributed by atoms with Crippen molar-refractivity contribution < 1.29 is 0 Å². The minimum absolute atomic E-state index is 0. The standard InChI is InChI=1S/C9H12N.Li.H/c1-10(2)8-9-6-4-3-5-7-9;;/h3-6H,8H2,1-2H3;;. The molecule has 1 rings (SSSR count). The summed E-state index contributed by atoms with van der Waals surface area (Å²) in [7, 11) is 4.11. The van der Waals surface area contributed by atoms with Crippen LogP contribution in [0.5, 0.6) is 0 Å². The molecule has 0 N–H and O–H groups in total. The van der Waals surface area contributed by atoms with Crippen molar-refractivity contribution >= 4 is 18.9 Å². The third-order valence-corrected chi connectivity index (χ3v) is 1.26. The zero-order valence-electron chi connectivity index (χ0n) is 6.46. The Morgan fingerprint density at radius 1 is 1.36 bits per heavy atom. The quantitative estimate of drug-likeness (QED) is 0.554. The number of hydrogen-bond acceptors (Lipinski definition) is 1. The topological polar surface area (TPSA) is 3.24 Å². The van der Waals surface area contributed by atoms with Crippen LogP contribution < -0.4 is 0 Å².